The molecular formula is C16H15NO4. The van der Waals surface area contributed by atoms with Gasteiger partial charge < -0.3 is 14.4 Å². The summed E-state index contributed by atoms with van der Waals surface area (Å²) in [4.78, 5) is 23.1. The Labute approximate surface area is 121 Å². The highest BCUT2D eigenvalue weighted by atomic mass is 16.5. The van der Waals surface area contributed by atoms with Crippen LogP contribution in [0.15, 0.2) is 35.3 Å². The molecule has 0 saturated carbocycles. The van der Waals surface area contributed by atoms with E-state index in [-0.39, 0.29) is 11.6 Å². The highest BCUT2D eigenvalue weighted by molar-refractivity contribution is 5.87. The van der Waals surface area contributed by atoms with Gasteiger partial charge in [-0.25, -0.2) is 4.79 Å². The number of carboxylic acids is 1. The molecule has 0 saturated heterocycles. The van der Waals surface area contributed by atoms with E-state index in [9.17, 15) is 9.59 Å². The molecule has 0 spiro atoms. The molecule has 108 valence electrons. The smallest absolute Gasteiger partial charge is 0.341 e. The van der Waals surface area contributed by atoms with Crippen molar-refractivity contribution in [2.75, 3.05) is 7.11 Å². The molecule has 1 aromatic heterocycles. The fourth-order valence-corrected chi connectivity index (χ4v) is 2.81. The van der Waals surface area contributed by atoms with E-state index in [2.05, 4.69) is 0 Å². The molecule has 0 amide bonds. The minimum atomic E-state index is -1.20. The zero-order chi connectivity index (χ0) is 15.1. The Kier molecular flexibility index (Phi) is 3.05. The number of hydrogen-bond donors (Lipinski definition) is 1. The molecule has 0 bridgehead atoms. The number of aromatic nitrogens is 1. The van der Waals surface area contributed by atoms with Gasteiger partial charge in [0.1, 0.15) is 11.3 Å². The van der Waals surface area contributed by atoms with Crippen LogP contribution in [0.4, 0.5) is 0 Å². The third kappa shape index (κ3) is 2.11. The number of ether oxygens (including phenoxy) is 1. The van der Waals surface area contributed by atoms with Crippen molar-refractivity contribution in [3.8, 4) is 17.0 Å². The average molecular weight is 285 g/mol. The summed E-state index contributed by atoms with van der Waals surface area (Å²) in [6, 6.07) is 7.26. The van der Waals surface area contributed by atoms with Gasteiger partial charge in [-0.1, -0.05) is 6.07 Å². The van der Waals surface area contributed by atoms with Gasteiger partial charge in [0.05, 0.1) is 12.8 Å². The van der Waals surface area contributed by atoms with Crippen molar-refractivity contribution in [3.05, 3.63) is 51.8 Å². The third-order valence-electron chi connectivity index (χ3n) is 3.89. The minimum Gasteiger partial charge on any atom is -0.497 e. The van der Waals surface area contributed by atoms with E-state index in [1.54, 1.807) is 7.11 Å². The monoisotopic (exact) mass is 285 g/mol. The van der Waals surface area contributed by atoms with Gasteiger partial charge in [-0.05, 0) is 31.0 Å². The quantitative estimate of drug-likeness (QED) is 0.919. The third-order valence-corrected chi connectivity index (χ3v) is 3.89. The fraction of sp³-hybridized carbons (Fsp3) is 0.250. The number of rotatable bonds is 2. The number of pyridine rings is 1. The van der Waals surface area contributed by atoms with E-state index in [0.717, 1.165) is 23.2 Å². The van der Waals surface area contributed by atoms with Crippen LogP contribution >= 0.6 is 0 Å². The predicted octanol–water partition coefficient (Wildman–Crippen LogP) is 2.34. The first kappa shape index (κ1) is 13.4. The van der Waals surface area contributed by atoms with Gasteiger partial charge >= 0.3 is 5.97 Å². The van der Waals surface area contributed by atoms with E-state index in [1.807, 2.05) is 29.7 Å². The van der Waals surface area contributed by atoms with Crippen molar-refractivity contribution < 1.29 is 14.6 Å². The van der Waals surface area contributed by atoms with Crippen molar-refractivity contribution in [1.29, 1.82) is 0 Å². The maximum atomic E-state index is 12.0. The van der Waals surface area contributed by atoms with Crippen LogP contribution < -0.4 is 10.2 Å². The zero-order valence-corrected chi connectivity index (χ0v) is 11.8. The Hall–Kier alpha value is -2.56. The molecule has 0 aliphatic carbocycles. The van der Waals surface area contributed by atoms with Crippen LogP contribution in [0.5, 0.6) is 5.75 Å². The average Bonchev–Trinajstić information content (AvgIpc) is 2.46. The summed E-state index contributed by atoms with van der Waals surface area (Å²) in [6.45, 7) is 2.01. The number of carboxylic acid groups (broad SMARTS) is 1. The molecular weight excluding hydrogens is 270 g/mol. The zero-order valence-electron chi connectivity index (χ0n) is 11.8. The second kappa shape index (κ2) is 4.77. The molecule has 1 aromatic carbocycles. The highest BCUT2D eigenvalue weighted by Gasteiger charge is 2.23. The topological polar surface area (TPSA) is 68.5 Å². The summed E-state index contributed by atoms with van der Waals surface area (Å²) in [6.07, 6.45) is 2.22. The first-order valence-electron chi connectivity index (χ1n) is 6.68. The van der Waals surface area contributed by atoms with E-state index in [4.69, 9.17) is 9.84 Å². The maximum absolute atomic E-state index is 12.0. The summed E-state index contributed by atoms with van der Waals surface area (Å²) in [7, 11) is 1.59. The molecule has 3 rings (SSSR count). The normalized spacial score (nSPS) is 16.0. The summed E-state index contributed by atoms with van der Waals surface area (Å²) >= 11 is 0. The lowest BCUT2D eigenvalue weighted by Gasteiger charge is -2.28. The lowest BCUT2D eigenvalue weighted by molar-refractivity contribution is 0.0694. The van der Waals surface area contributed by atoms with Gasteiger partial charge in [-0.2, -0.15) is 0 Å². The van der Waals surface area contributed by atoms with Gasteiger partial charge in [-0.15, -0.1) is 0 Å². The standard InChI is InChI=1S/C16H15NO4/c1-9-5-10-3-4-11(21-2)6-12(10)14-7-15(18)13(16(19)20)8-17(9)14/h3-4,6-9H,5H2,1-2H3,(H,19,20)/t9-/m1/s1. The van der Waals surface area contributed by atoms with Crippen molar-refractivity contribution in [1.82, 2.24) is 4.57 Å². The van der Waals surface area contributed by atoms with Gasteiger partial charge in [0.25, 0.3) is 0 Å². The molecule has 0 radical (unpaired) electrons. The molecule has 5 heteroatoms. The largest absolute Gasteiger partial charge is 0.497 e. The van der Waals surface area contributed by atoms with E-state index < -0.39 is 11.4 Å². The molecule has 21 heavy (non-hydrogen) atoms. The molecule has 5 nitrogen and oxygen atoms in total. The van der Waals surface area contributed by atoms with Crippen LogP contribution in [0.1, 0.15) is 28.9 Å². The van der Waals surface area contributed by atoms with E-state index >= 15 is 0 Å². The van der Waals surface area contributed by atoms with Crippen molar-refractivity contribution in [2.45, 2.75) is 19.4 Å². The number of nitrogens with zero attached hydrogens (tertiary/aromatic N) is 1. The lowest BCUT2D eigenvalue weighted by atomic mass is 9.92. The van der Waals surface area contributed by atoms with Crippen LogP contribution in [0, 0.1) is 0 Å². The second-order valence-electron chi connectivity index (χ2n) is 5.23. The highest BCUT2D eigenvalue weighted by Crippen LogP contribution is 2.35. The summed E-state index contributed by atoms with van der Waals surface area (Å²) in [5, 5.41) is 9.10. The van der Waals surface area contributed by atoms with Crippen LogP contribution in [0.25, 0.3) is 11.3 Å². The number of carbonyl (C=O) groups is 1. The van der Waals surface area contributed by atoms with Gasteiger partial charge in [0.2, 0.25) is 0 Å². The van der Waals surface area contributed by atoms with Crippen LogP contribution in [0.2, 0.25) is 0 Å². The van der Waals surface area contributed by atoms with Crippen LogP contribution in [-0.4, -0.2) is 22.8 Å². The molecule has 1 aliphatic heterocycles. The number of aromatic carboxylic acids is 1. The molecule has 2 aromatic rings. The second-order valence-corrected chi connectivity index (χ2v) is 5.23. The Morgan fingerprint density at radius 3 is 2.81 bits per heavy atom. The molecule has 1 atom stereocenters. The van der Waals surface area contributed by atoms with Crippen molar-refractivity contribution in [3.63, 3.8) is 0 Å². The number of methoxy groups -OCH3 is 1. The Morgan fingerprint density at radius 2 is 2.14 bits per heavy atom. The number of fused-ring (bicyclic) bond motifs is 3. The van der Waals surface area contributed by atoms with Crippen molar-refractivity contribution >= 4 is 5.97 Å². The Bertz CT molecular complexity index is 791. The fourth-order valence-electron chi connectivity index (χ4n) is 2.81. The predicted molar refractivity (Wildman–Crippen MR) is 78.1 cm³/mol. The van der Waals surface area contributed by atoms with Crippen LogP contribution in [0.3, 0.4) is 0 Å². The van der Waals surface area contributed by atoms with Crippen molar-refractivity contribution in [2.24, 2.45) is 0 Å². The van der Waals surface area contributed by atoms with Gasteiger partial charge in [0, 0.05) is 23.9 Å². The molecule has 0 unspecified atom stereocenters. The Morgan fingerprint density at radius 1 is 1.38 bits per heavy atom. The summed E-state index contributed by atoms with van der Waals surface area (Å²) in [5.41, 5.74) is 2.11. The number of benzene rings is 1. The first-order chi connectivity index (χ1) is 10.0. The van der Waals surface area contributed by atoms with Gasteiger partial charge in [0.15, 0.2) is 5.43 Å². The summed E-state index contributed by atoms with van der Waals surface area (Å²) < 4.78 is 7.09. The van der Waals surface area contributed by atoms with Crippen LogP contribution in [-0.2, 0) is 6.42 Å². The van der Waals surface area contributed by atoms with Gasteiger partial charge in [-0.3, -0.25) is 4.79 Å². The summed E-state index contributed by atoms with van der Waals surface area (Å²) in [5.74, 6) is -0.483. The van der Waals surface area contributed by atoms with E-state index in [1.165, 1.54) is 12.3 Å². The lowest BCUT2D eigenvalue weighted by Crippen LogP contribution is -2.24. The van der Waals surface area contributed by atoms with E-state index in [0.29, 0.717) is 5.75 Å². The first-order valence-corrected chi connectivity index (χ1v) is 6.68. The molecule has 2 heterocycles. The Balaban J connectivity index is 2.28. The molecule has 1 aliphatic rings. The minimum absolute atomic E-state index is 0.0968. The molecule has 1 N–H and O–H groups in total. The SMILES string of the molecule is COc1ccc2c(c1)-c1cc(=O)c(C(=O)O)cn1[C@H](C)C2. The molecule has 0 fully saturated rings. The number of hydrogen-bond acceptors (Lipinski definition) is 3. The maximum Gasteiger partial charge on any atom is 0.341 e.